The van der Waals surface area contributed by atoms with Crippen molar-refractivity contribution in [2.45, 2.75) is 69.7 Å². The third kappa shape index (κ3) is 6.94. The normalized spacial score (nSPS) is 19.5. The van der Waals surface area contributed by atoms with Crippen molar-refractivity contribution in [3.05, 3.63) is 54.1 Å². The fourth-order valence-electron chi connectivity index (χ4n) is 5.43. The zero-order chi connectivity index (χ0) is 27.1. The number of carbonyl (C=O) groups excluding carboxylic acids is 2. The van der Waals surface area contributed by atoms with Gasteiger partial charge in [-0.3, -0.25) is 9.59 Å². The molecule has 38 heavy (non-hydrogen) atoms. The smallest absolute Gasteiger partial charge is 0.310 e. The Kier molecular flexibility index (Phi) is 9.44. The molecule has 1 saturated carbocycles. The van der Waals surface area contributed by atoms with Crippen LogP contribution in [0, 0.1) is 11.8 Å². The van der Waals surface area contributed by atoms with Crippen LogP contribution in [0.3, 0.4) is 0 Å². The predicted molar refractivity (Wildman–Crippen MR) is 148 cm³/mol. The van der Waals surface area contributed by atoms with E-state index in [1.807, 2.05) is 35.2 Å². The average molecular weight is 542 g/mol. The Hall–Kier alpha value is -2.91. The van der Waals surface area contributed by atoms with Crippen LogP contribution in [0.1, 0.15) is 70.4 Å². The number of esters is 1. The molecule has 0 bridgehead atoms. The number of sulfonamides is 1. The number of benzene rings is 2. The molecule has 2 fully saturated rings. The number of ether oxygens (including phenoxy) is 1. The summed E-state index contributed by atoms with van der Waals surface area (Å²) in [5.41, 5.74) is 1.82. The Morgan fingerprint density at radius 1 is 1.00 bits per heavy atom. The van der Waals surface area contributed by atoms with E-state index in [2.05, 4.69) is 10.0 Å². The topological polar surface area (TPSA) is 105 Å². The largest absolute Gasteiger partial charge is 0.466 e. The highest BCUT2D eigenvalue weighted by Gasteiger charge is 2.31. The summed E-state index contributed by atoms with van der Waals surface area (Å²) >= 11 is 0. The van der Waals surface area contributed by atoms with Gasteiger partial charge in [-0.2, -0.15) is 0 Å². The third-order valence-electron chi connectivity index (χ3n) is 7.51. The summed E-state index contributed by atoms with van der Waals surface area (Å²) in [6.45, 7) is 4.90. The van der Waals surface area contributed by atoms with Crippen LogP contribution in [0.15, 0.2) is 53.4 Å². The second kappa shape index (κ2) is 12.8. The second-order valence-electron chi connectivity index (χ2n) is 10.3. The van der Waals surface area contributed by atoms with Crippen LogP contribution in [0.4, 0.5) is 11.4 Å². The maximum atomic E-state index is 13.8. The van der Waals surface area contributed by atoms with Crippen LogP contribution in [-0.2, 0) is 24.3 Å². The highest BCUT2D eigenvalue weighted by atomic mass is 32.2. The van der Waals surface area contributed by atoms with Gasteiger partial charge in [0.05, 0.1) is 18.2 Å². The number of piperidine rings is 1. The van der Waals surface area contributed by atoms with E-state index < -0.39 is 16.1 Å². The number of nitrogens with zero attached hydrogens (tertiary/aromatic N) is 1. The number of rotatable bonds is 9. The van der Waals surface area contributed by atoms with Crippen molar-refractivity contribution in [2.24, 2.45) is 11.8 Å². The minimum Gasteiger partial charge on any atom is -0.466 e. The number of amides is 1. The minimum atomic E-state index is -3.98. The Morgan fingerprint density at radius 2 is 1.71 bits per heavy atom. The first-order valence-corrected chi connectivity index (χ1v) is 15.2. The molecule has 2 aromatic carbocycles. The van der Waals surface area contributed by atoms with Crippen LogP contribution in [0.5, 0.6) is 0 Å². The van der Waals surface area contributed by atoms with Gasteiger partial charge in [0.15, 0.2) is 0 Å². The summed E-state index contributed by atoms with van der Waals surface area (Å²) in [5, 5.41) is 2.96. The first-order chi connectivity index (χ1) is 18.3. The molecular formula is C29H39N3O5S. The maximum Gasteiger partial charge on any atom is 0.310 e. The van der Waals surface area contributed by atoms with Gasteiger partial charge in [-0.25, -0.2) is 13.1 Å². The number of anilines is 2. The quantitative estimate of drug-likeness (QED) is 0.432. The molecule has 2 aliphatic rings. The van der Waals surface area contributed by atoms with E-state index in [1.165, 1.54) is 0 Å². The highest BCUT2D eigenvalue weighted by Crippen LogP contribution is 2.34. The van der Waals surface area contributed by atoms with Crippen LogP contribution >= 0.6 is 0 Å². The van der Waals surface area contributed by atoms with E-state index in [1.54, 1.807) is 32.0 Å². The molecule has 0 radical (unpaired) electrons. The standard InChI is InChI=1S/C29H39N3O5S/c1-3-37-29(34)24-15-10-18-32(20-24)26-17-16-25(30-28(33)23-13-8-5-9-14-23)19-27(26)38(35,36)31-21(2)22-11-6-4-7-12-22/h4,6-7,11-12,16-17,19,21,23-24,31H,3,5,8-10,13-15,18,20H2,1-2H3,(H,30,33)/t21-,24+/m0/s1. The van der Waals surface area contributed by atoms with Gasteiger partial charge in [-0.1, -0.05) is 49.6 Å². The number of carbonyl (C=O) groups is 2. The molecule has 2 aromatic rings. The van der Waals surface area contributed by atoms with Crippen molar-refractivity contribution in [3.63, 3.8) is 0 Å². The summed E-state index contributed by atoms with van der Waals surface area (Å²) < 4.78 is 35.6. The highest BCUT2D eigenvalue weighted by molar-refractivity contribution is 7.89. The summed E-state index contributed by atoms with van der Waals surface area (Å²) in [5.74, 6) is -0.686. The Bertz CT molecular complexity index is 1210. The molecule has 1 saturated heterocycles. The van der Waals surface area contributed by atoms with Crippen LogP contribution in [-0.4, -0.2) is 40.0 Å². The van der Waals surface area contributed by atoms with Gasteiger partial charge in [0.25, 0.3) is 0 Å². The molecule has 2 N–H and O–H groups in total. The lowest BCUT2D eigenvalue weighted by atomic mass is 9.88. The van der Waals surface area contributed by atoms with Crippen molar-refractivity contribution in [1.29, 1.82) is 0 Å². The summed E-state index contributed by atoms with van der Waals surface area (Å²) in [6, 6.07) is 14.0. The lowest BCUT2D eigenvalue weighted by Gasteiger charge is -2.34. The van der Waals surface area contributed by atoms with E-state index in [-0.39, 0.29) is 28.6 Å². The number of hydrogen-bond acceptors (Lipinski definition) is 6. The summed E-state index contributed by atoms with van der Waals surface area (Å²) in [7, 11) is -3.98. The molecule has 0 aromatic heterocycles. The lowest BCUT2D eigenvalue weighted by Crippen LogP contribution is -2.40. The van der Waals surface area contributed by atoms with Gasteiger partial charge in [0, 0.05) is 30.7 Å². The predicted octanol–water partition coefficient (Wildman–Crippen LogP) is 5.02. The minimum absolute atomic E-state index is 0.0489. The van der Waals surface area contributed by atoms with Crippen LogP contribution in [0.2, 0.25) is 0 Å². The summed E-state index contributed by atoms with van der Waals surface area (Å²) in [4.78, 5) is 27.4. The monoisotopic (exact) mass is 541 g/mol. The lowest BCUT2D eigenvalue weighted by molar-refractivity contribution is -0.148. The maximum absolute atomic E-state index is 13.8. The van der Waals surface area contributed by atoms with E-state index in [0.29, 0.717) is 37.5 Å². The fraction of sp³-hybridized carbons (Fsp3) is 0.517. The van der Waals surface area contributed by atoms with Crippen molar-refractivity contribution >= 4 is 33.3 Å². The SMILES string of the molecule is CCOC(=O)[C@@H]1CCCN(c2ccc(NC(=O)C3CCCCC3)cc2S(=O)(=O)N[C@@H](C)c2ccccc2)C1. The van der Waals surface area contributed by atoms with Gasteiger partial charge in [0.1, 0.15) is 4.90 Å². The molecule has 0 spiro atoms. The molecule has 0 unspecified atom stereocenters. The third-order valence-corrected chi connectivity index (χ3v) is 9.08. The zero-order valence-electron chi connectivity index (χ0n) is 22.3. The van der Waals surface area contributed by atoms with Gasteiger partial charge in [-0.15, -0.1) is 0 Å². The van der Waals surface area contributed by atoms with E-state index >= 15 is 0 Å². The van der Waals surface area contributed by atoms with Crippen LogP contribution < -0.4 is 14.9 Å². The Balaban J connectivity index is 1.64. The van der Waals surface area contributed by atoms with E-state index in [9.17, 15) is 18.0 Å². The second-order valence-corrected chi connectivity index (χ2v) is 12.0. The molecule has 9 heteroatoms. The molecule has 2 atom stereocenters. The molecule has 1 aliphatic heterocycles. The van der Waals surface area contributed by atoms with Crippen molar-refractivity contribution in [1.82, 2.24) is 4.72 Å². The van der Waals surface area contributed by atoms with Gasteiger partial charge < -0.3 is 15.0 Å². The molecule has 8 nitrogen and oxygen atoms in total. The molecular weight excluding hydrogens is 502 g/mol. The van der Waals surface area contributed by atoms with Gasteiger partial charge >= 0.3 is 5.97 Å². The zero-order valence-corrected chi connectivity index (χ0v) is 23.1. The van der Waals surface area contributed by atoms with Gasteiger partial charge in [-0.05, 0) is 63.3 Å². The van der Waals surface area contributed by atoms with Crippen LogP contribution in [0.25, 0.3) is 0 Å². The van der Waals surface area contributed by atoms with E-state index in [4.69, 9.17) is 4.74 Å². The molecule has 206 valence electrons. The Morgan fingerprint density at radius 3 is 2.42 bits per heavy atom. The first kappa shape index (κ1) is 28.1. The molecule has 4 rings (SSSR count). The van der Waals surface area contributed by atoms with Gasteiger partial charge in [0.2, 0.25) is 15.9 Å². The first-order valence-electron chi connectivity index (χ1n) is 13.7. The molecule has 1 amide bonds. The fourth-order valence-corrected chi connectivity index (χ4v) is 6.91. The number of hydrogen-bond donors (Lipinski definition) is 2. The Labute approximate surface area is 226 Å². The number of nitrogens with one attached hydrogen (secondary N) is 2. The van der Waals surface area contributed by atoms with E-state index in [0.717, 1.165) is 44.1 Å². The van der Waals surface area contributed by atoms with Crippen molar-refractivity contribution in [3.8, 4) is 0 Å². The average Bonchev–Trinajstić information content (AvgIpc) is 2.94. The van der Waals surface area contributed by atoms with Crippen molar-refractivity contribution in [2.75, 3.05) is 29.9 Å². The van der Waals surface area contributed by atoms with Crippen molar-refractivity contribution < 1.29 is 22.7 Å². The summed E-state index contributed by atoms with van der Waals surface area (Å²) in [6.07, 6.45) is 6.38. The molecule has 1 heterocycles. The molecule has 1 aliphatic carbocycles.